The number of nitrogens with two attached hydrogens (primary N) is 1. The van der Waals surface area contributed by atoms with Crippen molar-refractivity contribution in [2.24, 2.45) is 0 Å². The van der Waals surface area contributed by atoms with Crippen LogP contribution >= 0.6 is 11.6 Å². The maximum atomic E-state index is 13.3. The number of nitrogen functional groups attached to an aromatic ring is 1. The van der Waals surface area contributed by atoms with Gasteiger partial charge >= 0.3 is 5.97 Å². The molecule has 2 aromatic carbocycles. The molecule has 304 valence electrons. The first kappa shape index (κ1) is 44.6. The van der Waals surface area contributed by atoms with Gasteiger partial charge in [-0.2, -0.15) is 0 Å². The van der Waals surface area contributed by atoms with E-state index in [-0.39, 0.29) is 42.9 Å². The molecule has 8 rings (SSSR count). The number of hydrogen-bond donors (Lipinski definition) is 4. The number of hydrogen-bond acceptors (Lipinski definition) is 15. The van der Waals surface area contributed by atoms with Gasteiger partial charge in [0.1, 0.15) is 48.0 Å². The molecule has 0 atom stereocenters. The van der Waals surface area contributed by atoms with Crippen molar-refractivity contribution in [1.82, 2.24) is 45.2 Å². The molecule has 0 aliphatic carbocycles. The third-order valence-electron chi connectivity index (χ3n) is 7.46. The molecule has 23 heteroatoms. The highest BCUT2D eigenvalue weighted by Gasteiger charge is 2.33. The summed E-state index contributed by atoms with van der Waals surface area (Å²) in [6, 6.07) is 10.1. The monoisotopic (exact) mass is 833 g/mol. The van der Waals surface area contributed by atoms with Crippen molar-refractivity contribution < 1.29 is 41.7 Å². The average molecular weight is 834 g/mol. The lowest BCUT2D eigenvalue weighted by Crippen LogP contribution is -2.54. The van der Waals surface area contributed by atoms with Gasteiger partial charge in [-0.15, -0.1) is 0 Å². The van der Waals surface area contributed by atoms with E-state index in [1.165, 1.54) is 55.8 Å². The molecule has 2 aliphatic rings. The molecule has 2 saturated heterocycles. The molecule has 2 fully saturated rings. The van der Waals surface area contributed by atoms with Gasteiger partial charge < -0.3 is 44.3 Å². The molecule has 0 bridgehead atoms. The van der Waals surface area contributed by atoms with Crippen LogP contribution in [0.2, 0.25) is 5.15 Å². The molecule has 17 nitrogen and oxygen atoms in total. The number of carbonyl (C=O) groups excluding carboxylic acids is 1. The average Bonchev–Trinajstić information content (AvgIpc) is 3.19. The van der Waals surface area contributed by atoms with Crippen molar-refractivity contribution in [3.8, 4) is 11.5 Å². The number of ether oxygens (including phenoxy) is 2. The number of aromatic nitrogens is 8. The Balaban J connectivity index is 0.000000204. The van der Waals surface area contributed by atoms with Gasteiger partial charge in [0.25, 0.3) is 5.91 Å². The molecule has 1 amide bonds. The van der Waals surface area contributed by atoms with Crippen LogP contribution in [0.5, 0.6) is 11.5 Å². The predicted molar refractivity (Wildman–Crippen MR) is 205 cm³/mol. The quantitative estimate of drug-likeness (QED) is 0.126. The molecule has 0 saturated carbocycles. The summed E-state index contributed by atoms with van der Waals surface area (Å²) in [7, 11) is 0. The summed E-state index contributed by atoms with van der Waals surface area (Å²) in [6.45, 7) is 2.37. The molecule has 6 heterocycles. The number of anilines is 3. The lowest BCUT2D eigenvalue weighted by molar-refractivity contribution is 0.0690. The highest BCUT2D eigenvalue weighted by Crippen LogP contribution is 2.26. The molecule has 4 radical (unpaired) electrons. The number of amides is 1. The van der Waals surface area contributed by atoms with Crippen molar-refractivity contribution in [1.29, 1.82) is 0 Å². The van der Waals surface area contributed by atoms with Crippen LogP contribution in [0.3, 0.4) is 0 Å². The van der Waals surface area contributed by atoms with Gasteiger partial charge in [0, 0.05) is 62.4 Å². The molecule has 4 aromatic heterocycles. The van der Waals surface area contributed by atoms with E-state index in [0.717, 1.165) is 37.4 Å². The van der Waals surface area contributed by atoms with Crippen LogP contribution in [0, 0.1) is 23.3 Å². The Bertz CT molecular complexity index is 2290. The smallest absolute Gasteiger partial charge is 0.357 e. The summed E-state index contributed by atoms with van der Waals surface area (Å²) in [6.07, 6.45) is 11.2. The first-order valence-electron chi connectivity index (χ1n) is 16.8. The number of halogens is 5. The SMILES string of the molecule is Fc1ccc(OC2CNC2)cc1F.Nc1ccncn1.O=C(Nc1ccncn1)c1nccnc1N1CC(Oc2ccc(F)c(F)c2)C1.O=C(O)c1nccnc1Cl.[B-]. The number of rotatable bonds is 8. The fraction of sp³-hybridized carbons (Fsp3) is 0.167. The second kappa shape index (κ2) is 22.0. The van der Waals surface area contributed by atoms with E-state index in [1.54, 1.807) is 18.3 Å². The third-order valence-corrected chi connectivity index (χ3v) is 7.73. The topological polar surface area (TPSA) is 229 Å². The Labute approximate surface area is 339 Å². The number of nitrogens with one attached hydrogen (secondary N) is 2. The standard InChI is InChI=1S/C18H14F2N6O2.C9H9F2NO.C5H3ClN2O2.C4H5N3.B/c19-13-2-1-11(7-14(13)20)28-12-8-26(9-12)17-16(22-5-6-23-17)18(27)25-15-3-4-21-10-24-15;10-8-2-1-6(3-9(8)11)13-7-4-12-5-7;6-4-3(5(9)10)7-1-2-8-4;5-4-1-2-6-3-7-4;/h1-7,10,12H,8-9H2,(H,21,24,25,27);1-3,7,12H,4-5H2;1-2H,(H,9,10);1-3H,(H2,5,6,7);/q;;;;-1. The number of carbonyl (C=O) groups is 2. The number of carboxylic acids is 1. The minimum atomic E-state index is -1.17. The normalized spacial score (nSPS) is 12.8. The zero-order valence-electron chi connectivity index (χ0n) is 30.4. The molecule has 6 aromatic rings. The van der Waals surface area contributed by atoms with E-state index >= 15 is 0 Å². The summed E-state index contributed by atoms with van der Waals surface area (Å²) in [4.78, 5) is 54.9. The van der Waals surface area contributed by atoms with Crippen LogP contribution in [0.25, 0.3) is 0 Å². The minimum absolute atomic E-state index is 0. The summed E-state index contributed by atoms with van der Waals surface area (Å²) in [5, 5.41) is 13.9. The van der Waals surface area contributed by atoms with Gasteiger partial charge in [-0.3, -0.25) is 4.79 Å². The van der Waals surface area contributed by atoms with Gasteiger partial charge in [-0.25, -0.2) is 62.2 Å². The van der Waals surface area contributed by atoms with E-state index in [9.17, 15) is 27.2 Å². The summed E-state index contributed by atoms with van der Waals surface area (Å²) < 4.78 is 62.4. The molecule has 5 N–H and O–H groups in total. The highest BCUT2D eigenvalue weighted by molar-refractivity contribution is 6.31. The molecule has 0 unspecified atom stereocenters. The largest absolute Gasteiger partial charge is 1.00 e. The van der Waals surface area contributed by atoms with Crippen molar-refractivity contribution in [3.05, 3.63) is 138 Å². The van der Waals surface area contributed by atoms with Gasteiger partial charge in [-0.05, 0) is 36.4 Å². The maximum absolute atomic E-state index is 13.3. The van der Waals surface area contributed by atoms with Crippen LogP contribution in [0.15, 0.2) is 98.4 Å². The Kier molecular flexibility index (Phi) is 16.7. The molecular weight excluding hydrogens is 803 g/mol. The maximum Gasteiger partial charge on any atom is 0.357 e. The fourth-order valence-corrected chi connectivity index (χ4v) is 4.73. The summed E-state index contributed by atoms with van der Waals surface area (Å²) >= 11 is 5.36. The number of aromatic carboxylic acids is 1. The Morgan fingerprint density at radius 2 is 1.29 bits per heavy atom. The highest BCUT2D eigenvalue weighted by atomic mass is 35.5. The minimum Gasteiger partial charge on any atom is -1.00 e. The van der Waals surface area contributed by atoms with Gasteiger partial charge in [0.05, 0.1) is 13.1 Å². The van der Waals surface area contributed by atoms with Crippen LogP contribution in [-0.4, -0.2) is 104 Å². The van der Waals surface area contributed by atoms with Crippen molar-refractivity contribution in [2.45, 2.75) is 12.2 Å². The number of benzene rings is 2. The molecule has 0 spiro atoms. The van der Waals surface area contributed by atoms with Crippen LogP contribution in [0.1, 0.15) is 21.0 Å². The Morgan fingerprint density at radius 3 is 1.75 bits per heavy atom. The lowest BCUT2D eigenvalue weighted by atomic mass is 10.1. The van der Waals surface area contributed by atoms with Crippen molar-refractivity contribution in [3.63, 3.8) is 0 Å². The molecule has 2 aliphatic heterocycles. The van der Waals surface area contributed by atoms with Crippen molar-refractivity contribution in [2.75, 3.05) is 42.1 Å². The van der Waals surface area contributed by atoms with Crippen molar-refractivity contribution >= 4 is 49.3 Å². The van der Waals surface area contributed by atoms with E-state index in [4.69, 9.17) is 31.9 Å². The third kappa shape index (κ3) is 13.5. The zero-order chi connectivity index (χ0) is 41.4. The molecular formula is C36H31BClF4N12O5-. The first-order valence-corrected chi connectivity index (χ1v) is 17.1. The van der Waals surface area contributed by atoms with E-state index in [2.05, 4.69) is 50.5 Å². The van der Waals surface area contributed by atoms with E-state index < -0.39 is 35.1 Å². The fourth-order valence-electron chi connectivity index (χ4n) is 4.54. The van der Waals surface area contributed by atoms with E-state index in [1.807, 2.05) is 4.90 Å². The van der Waals surface area contributed by atoms with Crippen LogP contribution in [-0.2, 0) is 0 Å². The number of carboxylic acid groups (broad SMARTS) is 1. The molecule has 59 heavy (non-hydrogen) atoms. The zero-order valence-corrected chi connectivity index (χ0v) is 31.1. The van der Waals surface area contributed by atoms with E-state index in [0.29, 0.717) is 36.3 Å². The summed E-state index contributed by atoms with van der Waals surface area (Å²) in [5.74, 6) is -3.36. The van der Waals surface area contributed by atoms with Gasteiger partial charge in [-0.1, -0.05) is 11.6 Å². The second-order valence-electron chi connectivity index (χ2n) is 11.6. The van der Waals surface area contributed by atoms with Gasteiger partial charge in [0.15, 0.2) is 45.6 Å². The Morgan fingerprint density at radius 1 is 0.729 bits per heavy atom. The lowest BCUT2D eigenvalue weighted by Gasteiger charge is -2.40. The van der Waals surface area contributed by atoms with Crippen LogP contribution in [0.4, 0.5) is 35.0 Å². The second-order valence-corrected chi connectivity index (χ2v) is 12.0. The van der Waals surface area contributed by atoms with Crippen LogP contribution < -0.4 is 30.7 Å². The summed E-state index contributed by atoms with van der Waals surface area (Å²) in [5.41, 5.74) is 5.13. The Hall–Kier alpha value is -7.07. The van der Waals surface area contributed by atoms with Gasteiger partial charge in [0.2, 0.25) is 0 Å². The predicted octanol–water partition coefficient (Wildman–Crippen LogP) is 3.89. The number of nitrogens with zero attached hydrogens (tertiary/aromatic N) is 9. The first-order chi connectivity index (χ1) is 28.0.